The summed E-state index contributed by atoms with van der Waals surface area (Å²) in [5.41, 5.74) is 1.02. The minimum atomic E-state index is -0.781. The van der Waals surface area contributed by atoms with E-state index in [0.29, 0.717) is 11.8 Å². The lowest BCUT2D eigenvalue weighted by molar-refractivity contribution is 0.0811. The van der Waals surface area contributed by atoms with E-state index in [1.54, 1.807) is 4.90 Å². The zero-order valence-electron chi connectivity index (χ0n) is 13.0. The highest BCUT2D eigenvalue weighted by Crippen LogP contribution is 2.51. The van der Waals surface area contributed by atoms with Gasteiger partial charge in [0.2, 0.25) is 0 Å². The van der Waals surface area contributed by atoms with Gasteiger partial charge in [0.05, 0.1) is 0 Å². The molecule has 2 fully saturated rings. The molecule has 0 unspecified atom stereocenters. The highest BCUT2D eigenvalue weighted by Gasteiger charge is 2.61. The summed E-state index contributed by atoms with van der Waals surface area (Å²) in [6.45, 7) is 8.96. The van der Waals surface area contributed by atoms with E-state index in [4.69, 9.17) is 0 Å². The van der Waals surface area contributed by atoms with E-state index in [9.17, 15) is 9.90 Å². The number of benzene rings is 1. The summed E-state index contributed by atoms with van der Waals surface area (Å²) >= 11 is 0. The molecule has 0 spiro atoms. The van der Waals surface area contributed by atoms with Crippen LogP contribution >= 0.6 is 0 Å². The Bertz CT molecular complexity index is 511. The van der Waals surface area contributed by atoms with E-state index in [2.05, 4.69) is 29.2 Å². The normalized spacial score (nSPS) is 28.2. The molecular weight excluding hydrogens is 264 g/mol. The lowest BCUT2D eigenvalue weighted by Gasteiger charge is -2.35. The Morgan fingerprint density at radius 2 is 1.81 bits per heavy atom. The van der Waals surface area contributed by atoms with Crippen molar-refractivity contribution >= 4 is 6.09 Å². The molecule has 4 heteroatoms. The van der Waals surface area contributed by atoms with E-state index >= 15 is 0 Å². The molecule has 1 aliphatic heterocycles. The third-order valence-corrected chi connectivity index (χ3v) is 4.70. The maximum atomic E-state index is 11.5. The Hall–Kier alpha value is -1.55. The van der Waals surface area contributed by atoms with Gasteiger partial charge in [-0.05, 0) is 38.2 Å². The molecule has 1 saturated heterocycles. The van der Waals surface area contributed by atoms with Gasteiger partial charge in [-0.2, -0.15) is 0 Å². The van der Waals surface area contributed by atoms with Gasteiger partial charge in [-0.15, -0.1) is 0 Å². The van der Waals surface area contributed by atoms with Gasteiger partial charge >= 0.3 is 6.09 Å². The summed E-state index contributed by atoms with van der Waals surface area (Å²) in [5.74, 6) is 1.04. The molecule has 2 aliphatic rings. The molecule has 21 heavy (non-hydrogen) atoms. The van der Waals surface area contributed by atoms with Crippen molar-refractivity contribution in [1.82, 2.24) is 9.80 Å². The fourth-order valence-corrected chi connectivity index (χ4v) is 3.80. The Balaban J connectivity index is 1.60. The smallest absolute Gasteiger partial charge is 0.408 e. The first-order valence-corrected chi connectivity index (χ1v) is 7.66. The fourth-order valence-electron chi connectivity index (χ4n) is 3.80. The Morgan fingerprint density at radius 1 is 1.24 bits per heavy atom. The van der Waals surface area contributed by atoms with Crippen LogP contribution in [0.5, 0.6) is 0 Å². The van der Waals surface area contributed by atoms with Crippen molar-refractivity contribution in [3.63, 3.8) is 0 Å². The molecule has 3 atom stereocenters. The van der Waals surface area contributed by atoms with Crippen molar-refractivity contribution in [2.24, 2.45) is 11.8 Å². The zero-order chi connectivity index (χ0) is 15.2. The molecule has 0 radical (unpaired) electrons. The topological polar surface area (TPSA) is 43.8 Å². The number of carboxylic acid groups (broad SMARTS) is 1. The third-order valence-electron chi connectivity index (χ3n) is 4.70. The van der Waals surface area contributed by atoms with Crippen molar-refractivity contribution < 1.29 is 9.90 Å². The van der Waals surface area contributed by atoms with Gasteiger partial charge in [0.25, 0.3) is 0 Å². The zero-order valence-corrected chi connectivity index (χ0v) is 13.0. The second-order valence-electron chi connectivity index (χ2n) is 7.32. The maximum absolute atomic E-state index is 11.5. The minimum Gasteiger partial charge on any atom is -0.465 e. The van der Waals surface area contributed by atoms with Gasteiger partial charge < -0.3 is 5.11 Å². The first-order chi connectivity index (χ1) is 9.88. The van der Waals surface area contributed by atoms with Crippen LogP contribution in [-0.2, 0) is 6.54 Å². The molecule has 1 N–H and O–H groups in total. The third kappa shape index (κ3) is 2.77. The molecule has 3 rings (SSSR count). The van der Waals surface area contributed by atoms with Crippen LogP contribution in [-0.4, -0.2) is 45.7 Å². The summed E-state index contributed by atoms with van der Waals surface area (Å²) in [6, 6.07) is 10.7. The summed E-state index contributed by atoms with van der Waals surface area (Å²) in [5, 5.41) is 9.49. The summed E-state index contributed by atoms with van der Waals surface area (Å²) < 4.78 is 0. The number of hydrogen-bond acceptors (Lipinski definition) is 2. The van der Waals surface area contributed by atoms with Crippen molar-refractivity contribution in [2.45, 2.75) is 38.9 Å². The van der Waals surface area contributed by atoms with Crippen LogP contribution in [0.15, 0.2) is 30.3 Å². The van der Waals surface area contributed by atoms with Crippen molar-refractivity contribution in [2.75, 3.05) is 13.1 Å². The number of carbonyl (C=O) groups is 1. The predicted molar refractivity (Wildman–Crippen MR) is 82.1 cm³/mol. The fraction of sp³-hybridized carbons (Fsp3) is 0.588. The average molecular weight is 288 g/mol. The van der Waals surface area contributed by atoms with Gasteiger partial charge in [0.15, 0.2) is 0 Å². The summed E-state index contributed by atoms with van der Waals surface area (Å²) in [7, 11) is 0. The lowest BCUT2D eigenvalue weighted by atomic mass is 10.1. The van der Waals surface area contributed by atoms with Crippen LogP contribution in [0.25, 0.3) is 0 Å². The molecule has 1 aromatic rings. The average Bonchev–Trinajstić information content (AvgIpc) is 2.84. The highest BCUT2D eigenvalue weighted by atomic mass is 16.4. The number of amides is 1. The highest BCUT2D eigenvalue weighted by molar-refractivity contribution is 5.67. The largest absolute Gasteiger partial charge is 0.465 e. The van der Waals surface area contributed by atoms with E-state index in [1.165, 1.54) is 5.56 Å². The SMILES string of the molecule is CC(C)(C)N(C(=O)O)[C@@H]1[C@@H]2CN(Cc3ccccc3)C[C@@H]21. The van der Waals surface area contributed by atoms with E-state index in [-0.39, 0.29) is 11.6 Å². The molecule has 1 aromatic carbocycles. The Kier molecular flexibility index (Phi) is 3.44. The van der Waals surface area contributed by atoms with Gasteiger partial charge in [-0.3, -0.25) is 9.80 Å². The number of piperidine rings is 1. The number of fused-ring (bicyclic) bond motifs is 1. The molecule has 1 heterocycles. The molecule has 4 nitrogen and oxygen atoms in total. The lowest BCUT2D eigenvalue weighted by Crippen LogP contribution is -2.49. The van der Waals surface area contributed by atoms with Crippen molar-refractivity contribution in [3.05, 3.63) is 35.9 Å². The van der Waals surface area contributed by atoms with Gasteiger partial charge in [0, 0.05) is 31.2 Å². The predicted octanol–water partition coefficient (Wildman–Crippen LogP) is 2.90. The maximum Gasteiger partial charge on any atom is 0.408 e. The molecule has 114 valence electrons. The quantitative estimate of drug-likeness (QED) is 0.930. The van der Waals surface area contributed by atoms with Gasteiger partial charge in [-0.1, -0.05) is 30.3 Å². The van der Waals surface area contributed by atoms with E-state index < -0.39 is 6.09 Å². The molecule has 1 amide bonds. The first-order valence-electron chi connectivity index (χ1n) is 7.66. The van der Waals surface area contributed by atoms with Crippen LogP contribution in [0.2, 0.25) is 0 Å². The number of hydrogen-bond donors (Lipinski definition) is 1. The van der Waals surface area contributed by atoms with E-state index in [0.717, 1.165) is 19.6 Å². The van der Waals surface area contributed by atoms with Crippen molar-refractivity contribution in [3.8, 4) is 0 Å². The Morgan fingerprint density at radius 3 is 2.29 bits per heavy atom. The number of rotatable bonds is 3. The standard InChI is InChI=1S/C17H24N2O2/c1-17(2,3)19(16(20)21)15-13-10-18(11-14(13)15)9-12-7-5-4-6-8-12/h4-8,13-15H,9-11H2,1-3H3,(H,20,21)/t13-,14+,15-. The Labute approximate surface area is 126 Å². The van der Waals surface area contributed by atoms with Crippen molar-refractivity contribution in [1.29, 1.82) is 0 Å². The summed E-state index contributed by atoms with van der Waals surface area (Å²) in [4.78, 5) is 15.7. The minimum absolute atomic E-state index is 0.217. The molecule has 0 bridgehead atoms. The monoisotopic (exact) mass is 288 g/mol. The van der Waals surface area contributed by atoms with Crippen LogP contribution < -0.4 is 0 Å². The summed E-state index contributed by atoms with van der Waals surface area (Å²) in [6.07, 6.45) is -0.781. The van der Waals surface area contributed by atoms with Crippen LogP contribution in [0, 0.1) is 11.8 Å². The van der Waals surface area contributed by atoms with Gasteiger partial charge in [0.1, 0.15) is 0 Å². The van der Waals surface area contributed by atoms with Crippen LogP contribution in [0.4, 0.5) is 4.79 Å². The molecule has 0 aromatic heterocycles. The van der Waals surface area contributed by atoms with Crippen LogP contribution in [0.3, 0.4) is 0 Å². The molecule has 1 aliphatic carbocycles. The van der Waals surface area contributed by atoms with E-state index in [1.807, 2.05) is 26.8 Å². The van der Waals surface area contributed by atoms with Crippen LogP contribution in [0.1, 0.15) is 26.3 Å². The number of likely N-dealkylation sites (tertiary alicyclic amines) is 1. The second-order valence-corrected chi connectivity index (χ2v) is 7.32. The number of nitrogens with zero attached hydrogens (tertiary/aromatic N) is 2. The first kappa shape index (κ1) is 14.4. The van der Waals surface area contributed by atoms with Gasteiger partial charge in [-0.25, -0.2) is 4.79 Å². The molecule has 1 saturated carbocycles. The second kappa shape index (κ2) is 5.02. The molecular formula is C17H24N2O2.